The molecule has 90 valence electrons. The molecule has 3 nitrogen and oxygen atoms in total. The van der Waals surface area contributed by atoms with E-state index in [1.54, 1.807) is 0 Å². The lowest BCUT2D eigenvalue weighted by Crippen LogP contribution is -2.35. The Hall–Kier alpha value is -0.990. The fourth-order valence-corrected chi connectivity index (χ4v) is 2.70. The largest absolute Gasteiger partial charge is 0.444 e. The molecule has 1 aliphatic carbocycles. The van der Waals surface area contributed by atoms with Gasteiger partial charge in [-0.2, -0.15) is 0 Å². The van der Waals surface area contributed by atoms with Gasteiger partial charge in [0, 0.05) is 13.1 Å². The van der Waals surface area contributed by atoms with Crippen LogP contribution in [0, 0.1) is 11.8 Å². The van der Waals surface area contributed by atoms with E-state index in [0.29, 0.717) is 11.8 Å². The summed E-state index contributed by atoms with van der Waals surface area (Å²) in [6.07, 6.45) is 2.01. The van der Waals surface area contributed by atoms with Crippen molar-refractivity contribution >= 4 is 6.09 Å². The zero-order chi connectivity index (χ0) is 11.9. The number of fused-ring (bicyclic) bond motifs is 1. The number of likely N-dealkylation sites (tertiary alicyclic amines) is 1. The summed E-state index contributed by atoms with van der Waals surface area (Å²) in [6, 6.07) is 0. The molecular weight excluding hydrogens is 202 g/mol. The number of hydrogen-bond donors (Lipinski definition) is 0. The van der Waals surface area contributed by atoms with Crippen molar-refractivity contribution in [1.82, 2.24) is 4.90 Å². The molecule has 1 saturated carbocycles. The van der Waals surface area contributed by atoms with Gasteiger partial charge in [-0.25, -0.2) is 4.79 Å². The van der Waals surface area contributed by atoms with Crippen molar-refractivity contribution in [3.63, 3.8) is 0 Å². The third-order valence-corrected chi connectivity index (χ3v) is 3.33. The van der Waals surface area contributed by atoms with E-state index in [9.17, 15) is 4.79 Å². The van der Waals surface area contributed by atoms with Gasteiger partial charge in [0.15, 0.2) is 0 Å². The number of nitrogens with zero attached hydrogens (tertiary/aromatic N) is 1. The Morgan fingerprint density at radius 2 is 1.81 bits per heavy atom. The first-order valence-corrected chi connectivity index (χ1v) is 6.00. The van der Waals surface area contributed by atoms with E-state index in [2.05, 4.69) is 6.58 Å². The molecule has 0 spiro atoms. The highest BCUT2D eigenvalue weighted by atomic mass is 16.6. The molecule has 0 radical (unpaired) electrons. The summed E-state index contributed by atoms with van der Waals surface area (Å²) >= 11 is 0. The lowest BCUT2D eigenvalue weighted by atomic mass is 10.0. The minimum atomic E-state index is -0.390. The fourth-order valence-electron chi connectivity index (χ4n) is 2.70. The molecule has 1 amide bonds. The smallest absolute Gasteiger partial charge is 0.410 e. The number of hydrogen-bond acceptors (Lipinski definition) is 2. The van der Waals surface area contributed by atoms with Gasteiger partial charge in [0.05, 0.1) is 0 Å². The third-order valence-electron chi connectivity index (χ3n) is 3.33. The first-order chi connectivity index (χ1) is 7.35. The quantitative estimate of drug-likeness (QED) is 0.591. The first kappa shape index (κ1) is 11.5. The Labute approximate surface area is 97.5 Å². The molecule has 0 aromatic rings. The maximum absolute atomic E-state index is 11.9. The highest BCUT2D eigenvalue weighted by molar-refractivity contribution is 5.68. The van der Waals surface area contributed by atoms with Crippen LogP contribution in [0.15, 0.2) is 12.2 Å². The van der Waals surface area contributed by atoms with Gasteiger partial charge in [-0.1, -0.05) is 12.2 Å². The highest BCUT2D eigenvalue weighted by Gasteiger charge is 2.40. The molecule has 3 heteroatoms. The maximum atomic E-state index is 11.9. The standard InChI is InChI=1S/C13H21NO2/c1-9-5-10-7-14(8-11(10)6-9)12(15)16-13(2,3)4/h10-11H,1,5-8H2,2-4H3. The SMILES string of the molecule is C=C1CC2CN(C(=O)OC(C)(C)C)CC2C1. The van der Waals surface area contributed by atoms with Crippen LogP contribution in [0.5, 0.6) is 0 Å². The van der Waals surface area contributed by atoms with Crippen molar-refractivity contribution < 1.29 is 9.53 Å². The van der Waals surface area contributed by atoms with Gasteiger partial charge in [-0.3, -0.25) is 0 Å². The second-order valence-corrected chi connectivity index (χ2v) is 6.06. The summed E-state index contributed by atoms with van der Waals surface area (Å²) in [5.41, 5.74) is 0.956. The van der Waals surface area contributed by atoms with Crippen LogP contribution in [-0.2, 0) is 4.74 Å². The monoisotopic (exact) mass is 223 g/mol. The zero-order valence-electron chi connectivity index (χ0n) is 10.5. The van der Waals surface area contributed by atoms with E-state index >= 15 is 0 Å². The second kappa shape index (κ2) is 3.79. The van der Waals surface area contributed by atoms with E-state index in [0.717, 1.165) is 25.9 Å². The summed E-state index contributed by atoms with van der Waals surface area (Å²) in [5.74, 6) is 1.25. The Kier molecular flexibility index (Phi) is 2.72. The molecule has 0 aromatic carbocycles. The number of ether oxygens (including phenoxy) is 1. The molecule has 16 heavy (non-hydrogen) atoms. The van der Waals surface area contributed by atoms with Crippen LogP contribution in [0.4, 0.5) is 4.79 Å². The van der Waals surface area contributed by atoms with Gasteiger partial charge in [-0.05, 0) is 45.4 Å². The molecular formula is C13H21NO2. The van der Waals surface area contributed by atoms with Crippen LogP contribution in [0.1, 0.15) is 33.6 Å². The van der Waals surface area contributed by atoms with E-state index < -0.39 is 5.60 Å². The van der Waals surface area contributed by atoms with Crippen molar-refractivity contribution in [3.8, 4) is 0 Å². The molecule has 2 unspecified atom stereocenters. The van der Waals surface area contributed by atoms with Crippen molar-refractivity contribution in [2.24, 2.45) is 11.8 Å². The average Bonchev–Trinajstić information content (AvgIpc) is 2.56. The summed E-state index contributed by atoms with van der Waals surface area (Å²) in [4.78, 5) is 13.7. The maximum Gasteiger partial charge on any atom is 0.410 e. The lowest BCUT2D eigenvalue weighted by molar-refractivity contribution is 0.0282. The molecule has 2 fully saturated rings. The molecule has 2 rings (SSSR count). The summed E-state index contributed by atoms with van der Waals surface area (Å²) in [7, 11) is 0. The molecule has 1 saturated heterocycles. The van der Waals surface area contributed by atoms with E-state index in [-0.39, 0.29) is 6.09 Å². The second-order valence-electron chi connectivity index (χ2n) is 6.06. The summed E-state index contributed by atoms with van der Waals surface area (Å²) in [6.45, 7) is 11.4. The Balaban J connectivity index is 1.90. The number of carbonyl (C=O) groups is 1. The Morgan fingerprint density at radius 3 is 2.25 bits per heavy atom. The zero-order valence-corrected chi connectivity index (χ0v) is 10.5. The predicted octanol–water partition coefficient (Wildman–Crippen LogP) is 2.82. The molecule has 2 aliphatic rings. The topological polar surface area (TPSA) is 29.5 Å². The number of allylic oxidation sites excluding steroid dienone is 1. The van der Waals surface area contributed by atoms with Crippen LogP contribution in [0.25, 0.3) is 0 Å². The normalized spacial score (nSPS) is 29.4. The van der Waals surface area contributed by atoms with Gasteiger partial charge in [-0.15, -0.1) is 0 Å². The molecule has 1 heterocycles. The van der Waals surface area contributed by atoms with Crippen LogP contribution >= 0.6 is 0 Å². The van der Waals surface area contributed by atoms with Crippen LogP contribution in [-0.4, -0.2) is 29.7 Å². The number of amides is 1. The van der Waals surface area contributed by atoms with Gasteiger partial charge in [0.1, 0.15) is 5.60 Å². The van der Waals surface area contributed by atoms with E-state index in [4.69, 9.17) is 4.74 Å². The van der Waals surface area contributed by atoms with Gasteiger partial charge < -0.3 is 9.64 Å². The van der Waals surface area contributed by atoms with E-state index in [1.165, 1.54) is 5.57 Å². The summed E-state index contributed by atoms with van der Waals surface area (Å²) < 4.78 is 5.38. The van der Waals surface area contributed by atoms with Crippen molar-refractivity contribution in [3.05, 3.63) is 12.2 Å². The van der Waals surface area contributed by atoms with E-state index in [1.807, 2.05) is 25.7 Å². The fraction of sp³-hybridized carbons (Fsp3) is 0.769. The van der Waals surface area contributed by atoms with Crippen molar-refractivity contribution in [1.29, 1.82) is 0 Å². The van der Waals surface area contributed by atoms with Crippen molar-refractivity contribution in [2.45, 2.75) is 39.2 Å². The van der Waals surface area contributed by atoms with Gasteiger partial charge in [0.25, 0.3) is 0 Å². The van der Waals surface area contributed by atoms with Crippen LogP contribution in [0.3, 0.4) is 0 Å². The third kappa shape index (κ3) is 2.39. The molecule has 0 bridgehead atoms. The number of carbonyl (C=O) groups excluding carboxylic acids is 1. The van der Waals surface area contributed by atoms with Crippen molar-refractivity contribution in [2.75, 3.05) is 13.1 Å². The summed E-state index contributed by atoms with van der Waals surface area (Å²) in [5, 5.41) is 0. The van der Waals surface area contributed by atoms with Gasteiger partial charge >= 0.3 is 6.09 Å². The van der Waals surface area contributed by atoms with Crippen LogP contribution < -0.4 is 0 Å². The lowest BCUT2D eigenvalue weighted by Gasteiger charge is -2.24. The first-order valence-electron chi connectivity index (χ1n) is 6.00. The predicted molar refractivity (Wildman–Crippen MR) is 63.2 cm³/mol. The Bertz CT molecular complexity index is 300. The average molecular weight is 223 g/mol. The highest BCUT2D eigenvalue weighted by Crippen LogP contribution is 2.40. The molecule has 1 aliphatic heterocycles. The molecule has 2 atom stereocenters. The molecule has 0 N–H and O–H groups in total. The van der Waals surface area contributed by atoms with Gasteiger partial charge in [0.2, 0.25) is 0 Å². The molecule has 0 aromatic heterocycles. The minimum absolute atomic E-state index is 0.160. The minimum Gasteiger partial charge on any atom is -0.444 e. The Morgan fingerprint density at radius 1 is 1.31 bits per heavy atom. The number of rotatable bonds is 0. The van der Waals surface area contributed by atoms with Crippen LogP contribution in [0.2, 0.25) is 0 Å².